The number of esters is 2. The lowest BCUT2D eigenvalue weighted by atomic mass is 9.83. The summed E-state index contributed by atoms with van der Waals surface area (Å²) in [7, 11) is -3.55. The topological polar surface area (TPSA) is 105 Å². The summed E-state index contributed by atoms with van der Waals surface area (Å²) in [5, 5.41) is -0.447. The smallest absolute Gasteiger partial charge is 0.333 e. The van der Waals surface area contributed by atoms with Crippen LogP contribution >= 0.6 is 0 Å². The van der Waals surface area contributed by atoms with Gasteiger partial charge in [0.2, 0.25) is 0 Å². The van der Waals surface area contributed by atoms with Gasteiger partial charge in [0, 0.05) is 11.5 Å². The Morgan fingerprint density at radius 1 is 1.24 bits per heavy atom. The van der Waals surface area contributed by atoms with Crippen LogP contribution in [0.25, 0.3) is 0 Å². The van der Waals surface area contributed by atoms with E-state index in [1.165, 1.54) is 6.92 Å². The molecule has 2 aliphatic carbocycles. The zero-order valence-corrected chi connectivity index (χ0v) is 15.0. The molecule has 2 bridgehead atoms. The van der Waals surface area contributed by atoms with Crippen LogP contribution in [0.4, 0.5) is 0 Å². The molecule has 0 spiro atoms. The summed E-state index contributed by atoms with van der Waals surface area (Å²) in [5.74, 6) is -1.15. The fourth-order valence-electron chi connectivity index (χ4n) is 4.22. The largest absolute Gasteiger partial charge is 0.460 e. The van der Waals surface area contributed by atoms with Gasteiger partial charge in [-0.1, -0.05) is 6.58 Å². The molecule has 0 aromatic rings. The van der Waals surface area contributed by atoms with E-state index in [-0.39, 0.29) is 37.2 Å². The van der Waals surface area contributed by atoms with Crippen molar-refractivity contribution in [1.82, 2.24) is 0 Å². The highest BCUT2D eigenvalue weighted by atomic mass is 32.2. The molecular formula is C16H22O8S. The molecule has 1 aliphatic heterocycles. The SMILES string of the molecule is C=C(C)C(=O)OCCOC(=O)COC1C2CC3C(C2)S(=O)(=O)OC31C. The van der Waals surface area contributed by atoms with Crippen LogP contribution in [0.1, 0.15) is 26.7 Å². The van der Waals surface area contributed by atoms with Crippen molar-refractivity contribution in [3.05, 3.63) is 12.2 Å². The molecule has 5 atom stereocenters. The molecule has 0 N–H and O–H groups in total. The molecule has 2 saturated carbocycles. The second-order valence-electron chi connectivity index (χ2n) is 7.00. The monoisotopic (exact) mass is 374 g/mol. The van der Waals surface area contributed by atoms with Crippen molar-refractivity contribution in [2.45, 2.75) is 43.6 Å². The van der Waals surface area contributed by atoms with Crippen LogP contribution in [0.2, 0.25) is 0 Å². The first kappa shape index (κ1) is 18.3. The van der Waals surface area contributed by atoms with E-state index in [1.807, 2.05) is 0 Å². The molecule has 5 unspecified atom stereocenters. The van der Waals surface area contributed by atoms with Crippen molar-refractivity contribution < 1.29 is 36.4 Å². The van der Waals surface area contributed by atoms with Crippen LogP contribution in [-0.2, 0) is 38.1 Å². The molecule has 8 nitrogen and oxygen atoms in total. The van der Waals surface area contributed by atoms with Gasteiger partial charge in [-0.3, -0.25) is 4.18 Å². The van der Waals surface area contributed by atoms with E-state index in [2.05, 4.69) is 6.58 Å². The predicted molar refractivity (Wildman–Crippen MR) is 84.9 cm³/mol. The molecule has 0 radical (unpaired) electrons. The molecule has 1 saturated heterocycles. The highest BCUT2D eigenvalue weighted by molar-refractivity contribution is 7.87. The lowest BCUT2D eigenvalue weighted by Crippen LogP contribution is -2.46. The van der Waals surface area contributed by atoms with Gasteiger partial charge in [0.25, 0.3) is 10.1 Å². The van der Waals surface area contributed by atoms with E-state index < -0.39 is 39.0 Å². The lowest BCUT2D eigenvalue weighted by Gasteiger charge is -2.33. The number of rotatable bonds is 7. The quantitative estimate of drug-likeness (QED) is 0.275. The normalized spacial score (nSPS) is 37.0. The van der Waals surface area contributed by atoms with Crippen molar-refractivity contribution in [3.63, 3.8) is 0 Å². The summed E-state index contributed by atoms with van der Waals surface area (Å²) < 4.78 is 44.8. The van der Waals surface area contributed by atoms with Gasteiger partial charge in [-0.15, -0.1) is 0 Å². The van der Waals surface area contributed by atoms with E-state index in [1.54, 1.807) is 6.92 Å². The van der Waals surface area contributed by atoms with Crippen LogP contribution in [0, 0.1) is 11.8 Å². The first-order valence-electron chi connectivity index (χ1n) is 8.19. The zero-order chi connectivity index (χ0) is 18.4. The fraction of sp³-hybridized carbons (Fsp3) is 0.750. The summed E-state index contributed by atoms with van der Waals surface area (Å²) in [6.45, 7) is 6.25. The molecule has 3 rings (SSSR count). The van der Waals surface area contributed by atoms with Crippen molar-refractivity contribution in [2.24, 2.45) is 11.8 Å². The maximum atomic E-state index is 12.0. The minimum Gasteiger partial charge on any atom is -0.460 e. The Morgan fingerprint density at radius 2 is 1.92 bits per heavy atom. The number of ether oxygens (including phenoxy) is 3. The molecule has 25 heavy (non-hydrogen) atoms. The van der Waals surface area contributed by atoms with Gasteiger partial charge in [-0.25, -0.2) is 9.59 Å². The summed E-state index contributed by atoms with van der Waals surface area (Å²) in [6, 6.07) is 0. The molecular weight excluding hydrogens is 352 g/mol. The van der Waals surface area contributed by atoms with Crippen LogP contribution < -0.4 is 0 Å². The maximum absolute atomic E-state index is 12.0. The third-order valence-corrected chi connectivity index (χ3v) is 7.10. The summed E-state index contributed by atoms with van der Waals surface area (Å²) >= 11 is 0. The Balaban J connectivity index is 1.45. The minimum atomic E-state index is -3.55. The molecule has 3 fully saturated rings. The zero-order valence-electron chi connectivity index (χ0n) is 14.2. The Bertz CT molecular complexity index is 699. The van der Waals surface area contributed by atoms with Crippen molar-refractivity contribution in [1.29, 1.82) is 0 Å². The Morgan fingerprint density at radius 3 is 2.60 bits per heavy atom. The third kappa shape index (κ3) is 3.20. The highest BCUT2D eigenvalue weighted by Crippen LogP contribution is 2.61. The second-order valence-corrected chi connectivity index (χ2v) is 8.76. The Kier molecular flexibility index (Phi) is 4.67. The Hall–Kier alpha value is -1.45. The number of carbonyl (C=O) groups is 2. The van der Waals surface area contributed by atoms with E-state index >= 15 is 0 Å². The van der Waals surface area contributed by atoms with Gasteiger partial charge >= 0.3 is 11.9 Å². The van der Waals surface area contributed by atoms with Gasteiger partial charge in [0.15, 0.2) is 0 Å². The van der Waals surface area contributed by atoms with E-state index in [9.17, 15) is 18.0 Å². The first-order valence-corrected chi connectivity index (χ1v) is 9.66. The predicted octanol–water partition coefficient (Wildman–Crippen LogP) is 0.561. The molecule has 140 valence electrons. The highest BCUT2D eigenvalue weighted by Gasteiger charge is 2.71. The first-order chi connectivity index (χ1) is 11.6. The standard InChI is InChI=1S/C16H22O8S/c1-9(2)15(18)22-5-4-21-13(17)8-23-14-10-6-11-12(7-10)25(19,20)24-16(11,14)3/h10-12,14H,1,4-8H2,2-3H3. The summed E-state index contributed by atoms with van der Waals surface area (Å²) in [6.07, 6.45) is 0.802. The molecule has 0 aromatic carbocycles. The van der Waals surface area contributed by atoms with Crippen LogP contribution in [-0.4, -0.2) is 57.1 Å². The van der Waals surface area contributed by atoms with Crippen molar-refractivity contribution >= 4 is 22.1 Å². The van der Waals surface area contributed by atoms with Gasteiger partial charge in [-0.05, 0) is 32.6 Å². The van der Waals surface area contributed by atoms with Gasteiger partial charge < -0.3 is 14.2 Å². The molecule has 9 heteroatoms. The molecule has 1 heterocycles. The summed E-state index contributed by atoms with van der Waals surface area (Å²) in [4.78, 5) is 22.9. The van der Waals surface area contributed by atoms with Crippen LogP contribution in [0.3, 0.4) is 0 Å². The van der Waals surface area contributed by atoms with E-state index in [0.717, 1.165) is 6.42 Å². The van der Waals surface area contributed by atoms with Gasteiger partial charge in [-0.2, -0.15) is 8.42 Å². The third-order valence-electron chi connectivity index (χ3n) is 5.25. The van der Waals surface area contributed by atoms with Gasteiger partial charge in [0.1, 0.15) is 25.4 Å². The number of hydrogen-bond donors (Lipinski definition) is 0. The number of carbonyl (C=O) groups excluding carboxylic acids is 2. The van der Waals surface area contributed by atoms with Crippen molar-refractivity contribution in [2.75, 3.05) is 19.8 Å². The fourth-order valence-corrected chi connectivity index (χ4v) is 6.33. The van der Waals surface area contributed by atoms with Gasteiger partial charge in [0.05, 0.1) is 11.4 Å². The molecule has 0 amide bonds. The molecule has 0 aromatic heterocycles. The summed E-state index contributed by atoms with van der Waals surface area (Å²) in [5.41, 5.74) is -0.631. The maximum Gasteiger partial charge on any atom is 0.333 e. The average molecular weight is 374 g/mol. The van der Waals surface area contributed by atoms with Crippen molar-refractivity contribution in [3.8, 4) is 0 Å². The Labute approximate surface area is 146 Å². The minimum absolute atomic E-state index is 0.0632. The second kappa shape index (κ2) is 6.37. The average Bonchev–Trinajstić information content (AvgIpc) is 3.09. The van der Waals surface area contributed by atoms with Crippen LogP contribution in [0.5, 0.6) is 0 Å². The number of hydrogen-bond acceptors (Lipinski definition) is 8. The van der Waals surface area contributed by atoms with E-state index in [0.29, 0.717) is 6.42 Å². The van der Waals surface area contributed by atoms with Crippen LogP contribution in [0.15, 0.2) is 12.2 Å². The lowest BCUT2D eigenvalue weighted by molar-refractivity contribution is -0.161. The van der Waals surface area contributed by atoms with E-state index in [4.69, 9.17) is 18.4 Å². The molecule has 3 aliphatic rings. The number of fused-ring (bicyclic) bond motifs is 1.